The average Bonchev–Trinajstić information content (AvgIpc) is 2.89. The number of aromatic amines is 1. The molecule has 2 heterocycles. The van der Waals surface area contributed by atoms with E-state index in [0.29, 0.717) is 23.1 Å². The van der Waals surface area contributed by atoms with E-state index >= 15 is 0 Å². The van der Waals surface area contributed by atoms with E-state index in [1.807, 2.05) is 18.2 Å². The maximum absolute atomic E-state index is 11.8. The molecule has 0 bridgehead atoms. The normalized spacial score (nSPS) is 17.6. The van der Waals surface area contributed by atoms with Crippen molar-refractivity contribution in [2.24, 2.45) is 0 Å². The van der Waals surface area contributed by atoms with E-state index in [-0.39, 0.29) is 11.2 Å². The predicted molar refractivity (Wildman–Crippen MR) is 81.1 cm³/mol. The zero-order valence-corrected chi connectivity index (χ0v) is 12.5. The Morgan fingerprint density at radius 2 is 2.14 bits per heavy atom. The first-order chi connectivity index (χ1) is 10.2. The third kappa shape index (κ3) is 2.44. The Bertz CT molecular complexity index is 671. The lowest BCUT2D eigenvalue weighted by Gasteiger charge is -2.19. The number of rotatable bonds is 3. The van der Waals surface area contributed by atoms with Crippen molar-refractivity contribution >= 4 is 23.5 Å². The minimum Gasteiger partial charge on any atom is -0.493 e. The molecule has 1 aliphatic rings. The molecular weight excluding hydrogens is 290 g/mol. The van der Waals surface area contributed by atoms with Crippen LogP contribution in [0, 0.1) is 0 Å². The predicted octanol–water partition coefficient (Wildman–Crippen LogP) is 2.20. The van der Waals surface area contributed by atoms with E-state index in [1.165, 1.54) is 11.8 Å². The van der Waals surface area contributed by atoms with Gasteiger partial charge in [-0.1, -0.05) is 12.1 Å². The van der Waals surface area contributed by atoms with Crippen LogP contribution in [0.4, 0.5) is 5.82 Å². The van der Waals surface area contributed by atoms with Crippen molar-refractivity contribution in [2.75, 3.05) is 25.3 Å². The van der Waals surface area contributed by atoms with Crippen molar-refractivity contribution in [3.63, 3.8) is 0 Å². The van der Waals surface area contributed by atoms with Crippen molar-refractivity contribution in [2.45, 2.75) is 5.25 Å². The Kier molecular flexibility index (Phi) is 3.74. The smallest absolute Gasteiger partial charge is 0.235 e. The van der Waals surface area contributed by atoms with Gasteiger partial charge in [0.1, 0.15) is 5.82 Å². The van der Waals surface area contributed by atoms with Gasteiger partial charge >= 0.3 is 0 Å². The Hall–Kier alpha value is -2.15. The third-order valence-electron chi connectivity index (χ3n) is 3.31. The number of carbonyl (C=O) groups is 1. The number of hydrogen-bond donors (Lipinski definition) is 2. The lowest BCUT2D eigenvalue weighted by Crippen LogP contribution is -2.12. The molecule has 2 N–H and O–H groups in total. The number of nitrogens with one attached hydrogen (secondary N) is 2. The summed E-state index contributed by atoms with van der Waals surface area (Å²) in [6.07, 6.45) is 1.73. The van der Waals surface area contributed by atoms with Gasteiger partial charge in [0.15, 0.2) is 11.5 Å². The Morgan fingerprint density at radius 1 is 1.29 bits per heavy atom. The van der Waals surface area contributed by atoms with Gasteiger partial charge in [-0.05, 0) is 6.07 Å². The van der Waals surface area contributed by atoms with Gasteiger partial charge in [-0.15, -0.1) is 11.8 Å². The zero-order valence-electron chi connectivity index (χ0n) is 11.7. The van der Waals surface area contributed by atoms with Crippen molar-refractivity contribution in [3.05, 3.63) is 35.5 Å². The van der Waals surface area contributed by atoms with E-state index in [0.717, 1.165) is 11.1 Å². The van der Waals surface area contributed by atoms with Gasteiger partial charge in [0.25, 0.3) is 0 Å². The van der Waals surface area contributed by atoms with Gasteiger partial charge in [0.05, 0.1) is 31.4 Å². The van der Waals surface area contributed by atoms with E-state index in [1.54, 1.807) is 20.4 Å². The van der Waals surface area contributed by atoms with Crippen LogP contribution in [0.25, 0.3) is 0 Å². The van der Waals surface area contributed by atoms with E-state index in [9.17, 15) is 4.79 Å². The van der Waals surface area contributed by atoms with Crippen molar-refractivity contribution in [1.82, 2.24) is 10.2 Å². The highest BCUT2D eigenvalue weighted by atomic mass is 32.2. The number of aromatic nitrogens is 2. The molecule has 6 nitrogen and oxygen atoms in total. The molecule has 7 heteroatoms. The largest absolute Gasteiger partial charge is 0.493 e. The minimum atomic E-state index is -0.0530. The number of para-hydroxylation sites is 1. The summed E-state index contributed by atoms with van der Waals surface area (Å²) in [7, 11) is 3.22. The number of carbonyl (C=O) groups excluding carboxylic acids is 1. The monoisotopic (exact) mass is 305 g/mol. The first kappa shape index (κ1) is 13.8. The number of H-pyrrole nitrogens is 1. The fourth-order valence-corrected chi connectivity index (χ4v) is 3.51. The molecule has 0 aliphatic carbocycles. The van der Waals surface area contributed by atoms with Gasteiger partial charge in [-0.2, -0.15) is 5.10 Å². The van der Waals surface area contributed by atoms with Crippen LogP contribution in [0.5, 0.6) is 11.5 Å². The van der Waals surface area contributed by atoms with Gasteiger partial charge in [0, 0.05) is 11.1 Å². The highest BCUT2D eigenvalue weighted by molar-refractivity contribution is 8.00. The number of anilines is 1. The van der Waals surface area contributed by atoms with Crippen LogP contribution in [-0.4, -0.2) is 36.1 Å². The first-order valence-corrected chi connectivity index (χ1v) is 7.45. The Labute approximate surface area is 126 Å². The molecule has 0 radical (unpaired) electrons. The number of thioether (sulfide) groups is 1. The summed E-state index contributed by atoms with van der Waals surface area (Å²) < 4.78 is 10.9. The Morgan fingerprint density at radius 3 is 2.90 bits per heavy atom. The van der Waals surface area contributed by atoms with Gasteiger partial charge in [-0.25, -0.2) is 0 Å². The average molecular weight is 305 g/mol. The molecular formula is C14H15N3O3S. The summed E-state index contributed by atoms with van der Waals surface area (Å²) >= 11 is 1.53. The van der Waals surface area contributed by atoms with Crippen LogP contribution < -0.4 is 14.8 Å². The van der Waals surface area contributed by atoms with Crippen LogP contribution in [0.3, 0.4) is 0 Å². The van der Waals surface area contributed by atoms with Gasteiger partial charge in [0.2, 0.25) is 5.91 Å². The molecule has 0 unspecified atom stereocenters. The fourth-order valence-electron chi connectivity index (χ4n) is 2.39. The number of nitrogens with zero attached hydrogens (tertiary/aromatic N) is 1. The summed E-state index contributed by atoms with van der Waals surface area (Å²) in [4.78, 5) is 11.8. The first-order valence-electron chi connectivity index (χ1n) is 6.40. The SMILES string of the molecule is COc1cccc([C@H]2SCC(=O)Nc3[nH]ncc32)c1OC. The lowest BCUT2D eigenvalue weighted by molar-refractivity contribution is -0.113. The number of hydrogen-bond acceptors (Lipinski definition) is 5. The number of benzene rings is 1. The summed E-state index contributed by atoms with van der Waals surface area (Å²) in [5.74, 6) is 2.31. The second kappa shape index (κ2) is 5.69. The van der Waals surface area contributed by atoms with E-state index in [4.69, 9.17) is 9.47 Å². The molecule has 0 spiro atoms. The molecule has 0 saturated heterocycles. The topological polar surface area (TPSA) is 76.2 Å². The molecule has 0 fully saturated rings. The van der Waals surface area contributed by atoms with Crippen LogP contribution in [0.15, 0.2) is 24.4 Å². The summed E-state index contributed by atoms with van der Waals surface area (Å²) in [6.45, 7) is 0. The molecule has 1 amide bonds. The van der Waals surface area contributed by atoms with Crippen molar-refractivity contribution in [1.29, 1.82) is 0 Å². The molecule has 2 aromatic rings. The Balaban J connectivity index is 2.11. The van der Waals surface area contributed by atoms with Crippen molar-refractivity contribution in [3.8, 4) is 11.5 Å². The molecule has 3 rings (SSSR count). The number of fused-ring (bicyclic) bond motifs is 1. The fraction of sp³-hybridized carbons (Fsp3) is 0.286. The summed E-state index contributed by atoms with van der Waals surface area (Å²) in [6, 6.07) is 5.74. The quantitative estimate of drug-likeness (QED) is 0.909. The van der Waals surface area contributed by atoms with Crippen molar-refractivity contribution < 1.29 is 14.3 Å². The zero-order chi connectivity index (χ0) is 14.8. The highest BCUT2D eigenvalue weighted by Gasteiger charge is 2.28. The maximum atomic E-state index is 11.8. The van der Waals surface area contributed by atoms with Gasteiger partial charge in [-0.3, -0.25) is 9.89 Å². The molecule has 110 valence electrons. The van der Waals surface area contributed by atoms with E-state index in [2.05, 4.69) is 15.5 Å². The summed E-state index contributed by atoms with van der Waals surface area (Å²) in [5.41, 5.74) is 1.89. The number of amides is 1. The number of ether oxygens (including phenoxy) is 2. The molecule has 0 saturated carbocycles. The number of methoxy groups -OCH3 is 2. The van der Waals surface area contributed by atoms with Crippen LogP contribution in [-0.2, 0) is 4.79 Å². The van der Waals surface area contributed by atoms with Crippen LogP contribution in [0.2, 0.25) is 0 Å². The molecule has 1 aromatic carbocycles. The third-order valence-corrected chi connectivity index (χ3v) is 4.58. The molecule has 21 heavy (non-hydrogen) atoms. The second-order valence-electron chi connectivity index (χ2n) is 4.52. The maximum Gasteiger partial charge on any atom is 0.235 e. The summed E-state index contributed by atoms with van der Waals surface area (Å²) in [5, 5.41) is 9.62. The van der Waals surface area contributed by atoms with Crippen LogP contribution >= 0.6 is 11.8 Å². The standard InChI is InChI=1S/C14H15N3O3S/c1-19-10-5-3-4-8(12(10)20-2)13-9-6-15-17-14(9)16-11(18)7-21-13/h3-6,13H,7H2,1-2H3,(H2,15,16,17,18)/t13-/m1/s1. The second-order valence-corrected chi connectivity index (χ2v) is 5.62. The van der Waals surface area contributed by atoms with Gasteiger partial charge < -0.3 is 14.8 Å². The van der Waals surface area contributed by atoms with Crippen LogP contribution in [0.1, 0.15) is 16.4 Å². The molecule has 1 aromatic heterocycles. The highest BCUT2D eigenvalue weighted by Crippen LogP contribution is 2.46. The minimum absolute atomic E-state index is 0.0464. The molecule has 1 aliphatic heterocycles. The molecule has 1 atom stereocenters. The van der Waals surface area contributed by atoms with E-state index < -0.39 is 0 Å². The lowest BCUT2D eigenvalue weighted by atomic mass is 10.0.